The highest BCUT2D eigenvalue weighted by atomic mass is 16.5. The molecule has 1 aliphatic rings. The number of imide groups is 1. The van der Waals surface area contributed by atoms with E-state index in [0.717, 1.165) is 5.56 Å². The van der Waals surface area contributed by atoms with Crippen molar-refractivity contribution in [1.82, 2.24) is 4.90 Å². The van der Waals surface area contributed by atoms with Crippen molar-refractivity contribution in [3.05, 3.63) is 65.4 Å². The number of aliphatic hydroxyl groups is 1. The lowest BCUT2D eigenvalue weighted by molar-refractivity contribution is -0.120. The Hall–Kier alpha value is -3.12. The highest BCUT2D eigenvalue weighted by Crippen LogP contribution is 2.38. The second kappa shape index (κ2) is 8.49. The summed E-state index contributed by atoms with van der Waals surface area (Å²) >= 11 is 0. The Labute approximate surface area is 171 Å². The quantitative estimate of drug-likeness (QED) is 0.731. The maximum atomic E-state index is 13.4. The SMILES string of the molecule is COc1ccccc1C1=C(N(C)CCO)C(=O)N(c2ccc(C(C)C)cc2)C1=O. The minimum Gasteiger partial charge on any atom is -0.496 e. The molecule has 0 atom stereocenters. The van der Waals surface area contributed by atoms with Gasteiger partial charge in [0.2, 0.25) is 0 Å². The van der Waals surface area contributed by atoms with Gasteiger partial charge in [0.25, 0.3) is 11.8 Å². The predicted octanol–water partition coefficient (Wildman–Crippen LogP) is 3.03. The van der Waals surface area contributed by atoms with E-state index in [1.54, 1.807) is 42.3 Å². The number of likely N-dealkylation sites (N-methyl/N-ethyl adjacent to an activating group) is 1. The molecule has 0 aliphatic carbocycles. The van der Waals surface area contributed by atoms with Crippen LogP contribution in [0.15, 0.2) is 54.2 Å². The van der Waals surface area contributed by atoms with Gasteiger partial charge < -0.3 is 14.7 Å². The van der Waals surface area contributed by atoms with Crippen LogP contribution in [0.4, 0.5) is 5.69 Å². The number of rotatable bonds is 7. The number of benzene rings is 2. The van der Waals surface area contributed by atoms with E-state index >= 15 is 0 Å². The summed E-state index contributed by atoms with van der Waals surface area (Å²) in [6.07, 6.45) is 0. The van der Waals surface area contributed by atoms with E-state index in [-0.39, 0.29) is 24.4 Å². The number of carbonyl (C=O) groups excluding carboxylic acids is 2. The van der Waals surface area contributed by atoms with Gasteiger partial charge in [-0.1, -0.05) is 44.2 Å². The summed E-state index contributed by atoms with van der Waals surface area (Å²) in [7, 11) is 3.22. The van der Waals surface area contributed by atoms with Crippen LogP contribution in [-0.4, -0.2) is 49.1 Å². The molecule has 6 nitrogen and oxygen atoms in total. The minimum absolute atomic E-state index is 0.135. The second-order valence-corrected chi connectivity index (χ2v) is 7.26. The molecule has 2 aromatic carbocycles. The van der Waals surface area contributed by atoms with Crippen molar-refractivity contribution < 1.29 is 19.4 Å². The highest BCUT2D eigenvalue weighted by molar-refractivity contribution is 6.45. The standard InChI is InChI=1S/C23H26N2O4/c1-15(2)16-9-11-17(12-10-16)25-22(27)20(18-7-5-6-8-19(18)29-4)21(23(25)28)24(3)13-14-26/h5-12,15,26H,13-14H2,1-4H3. The summed E-state index contributed by atoms with van der Waals surface area (Å²) in [4.78, 5) is 29.5. The number of methoxy groups -OCH3 is 1. The fraction of sp³-hybridized carbons (Fsp3) is 0.304. The van der Waals surface area contributed by atoms with Gasteiger partial charge in [0.1, 0.15) is 11.4 Å². The van der Waals surface area contributed by atoms with E-state index in [1.807, 2.05) is 18.2 Å². The molecule has 0 saturated carbocycles. The third-order valence-electron chi connectivity index (χ3n) is 5.07. The lowest BCUT2D eigenvalue weighted by atomic mass is 10.0. The van der Waals surface area contributed by atoms with Crippen molar-refractivity contribution in [3.63, 3.8) is 0 Å². The van der Waals surface area contributed by atoms with Crippen LogP contribution in [0.1, 0.15) is 30.9 Å². The lowest BCUT2D eigenvalue weighted by Crippen LogP contribution is -2.34. The van der Waals surface area contributed by atoms with Crippen LogP contribution in [0.2, 0.25) is 0 Å². The molecule has 0 spiro atoms. The van der Waals surface area contributed by atoms with Crippen LogP contribution in [0, 0.1) is 0 Å². The van der Waals surface area contributed by atoms with Crippen molar-refractivity contribution in [3.8, 4) is 5.75 Å². The molecule has 2 amide bonds. The van der Waals surface area contributed by atoms with Crippen LogP contribution >= 0.6 is 0 Å². The number of nitrogens with zero attached hydrogens (tertiary/aromatic N) is 2. The molecule has 0 bridgehead atoms. The molecule has 0 saturated heterocycles. The molecule has 1 heterocycles. The highest BCUT2D eigenvalue weighted by Gasteiger charge is 2.42. The predicted molar refractivity (Wildman–Crippen MR) is 113 cm³/mol. The molecule has 1 aliphatic heterocycles. The molecule has 3 rings (SSSR count). The Kier molecular flexibility index (Phi) is 6.03. The van der Waals surface area contributed by atoms with Crippen LogP contribution in [0.25, 0.3) is 5.57 Å². The van der Waals surface area contributed by atoms with Gasteiger partial charge in [-0.05, 0) is 29.7 Å². The maximum absolute atomic E-state index is 13.4. The van der Waals surface area contributed by atoms with E-state index in [0.29, 0.717) is 22.9 Å². The number of hydrogen-bond acceptors (Lipinski definition) is 5. The van der Waals surface area contributed by atoms with Gasteiger partial charge in [-0.25, -0.2) is 4.90 Å². The molecule has 0 radical (unpaired) electrons. The van der Waals surface area contributed by atoms with Gasteiger partial charge in [0.15, 0.2) is 0 Å². The molecular formula is C23H26N2O4. The third-order valence-corrected chi connectivity index (χ3v) is 5.07. The summed E-state index contributed by atoms with van der Waals surface area (Å²) in [6.45, 7) is 4.27. The molecule has 2 aromatic rings. The zero-order chi connectivity index (χ0) is 21.1. The number of carbonyl (C=O) groups is 2. The Morgan fingerprint density at radius 1 is 1.03 bits per heavy atom. The first-order chi connectivity index (χ1) is 13.9. The Morgan fingerprint density at radius 2 is 1.69 bits per heavy atom. The summed E-state index contributed by atoms with van der Waals surface area (Å²) in [5.74, 6) is 0.0406. The van der Waals surface area contributed by atoms with Crippen molar-refractivity contribution in [1.29, 1.82) is 0 Å². The number of ether oxygens (including phenoxy) is 1. The van der Waals surface area contributed by atoms with Gasteiger partial charge in [0, 0.05) is 19.2 Å². The number of hydrogen-bond donors (Lipinski definition) is 1. The van der Waals surface area contributed by atoms with Crippen molar-refractivity contribution in [2.75, 3.05) is 32.2 Å². The Morgan fingerprint density at radius 3 is 2.28 bits per heavy atom. The van der Waals surface area contributed by atoms with Crippen LogP contribution in [0.5, 0.6) is 5.75 Å². The van der Waals surface area contributed by atoms with Crippen molar-refractivity contribution >= 4 is 23.1 Å². The molecule has 1 N–H and O–H groups in total. The average molecular weight is 394 g/mol. The summed E-state index contributed by atoms with van der Waals surface area (Å²) in [6, 6.07) is 14.6. The number of aliphatic hydroxyl groups excluding tert-OH is 1. The smallest absolute Gasteiger partial charge is 0.282 e. The summed E-state index contributed by atoms with van der Waals surface area (Å²) in [5.41, 5.74) is 2.72. The molecule has 29 heavy (non-hydrogen) atoms. The zero-order valence-corrected chi connectivity index (χ0v) is 17.2. The second-order valence-electron chi connectivity index (χ2n) is 7.26. The van der Waals surface area contributed by atoms with E-state index in [2.05, 4.69) is 13.8 Å². The molecule has 6 heteroatoms. The molecule has 0 aromatic heterocycles. The zero-order valence-electron chi connectivity index (χ0n) is 17.2. The number of amides is 2. The number of anilines is 1. The topological polar surface area (TPSA) is 70.1 Å². The van der Waals surface area contributed by atoms with Gasteiger partial charge >= 0.3 is 0 Å². The number of para-hydroxylation sites is 1. The van der Waals surface area contributed by atoms with Gasteiger partial charge in [-0.3, -0.25) is 9.59 Å². The van der Waals surface area contributed by atoms with E-state index in [1.165, 1.54) is 12.0 Å². The lowest BCUT2D eigenvalue weighted by Gasteiger charge is -2.20. The van der Waals surface area contributed by atoms with E-state index in [9.17, 15) is 14.7 Å². The molecule has 0 fully saturated rings. The largest absolute Gasteiger partial charge is 0.496 e. The van der Waals surface area contributed by atoms with Crippen LogP contribution in [-0.2, 0) is 9.59 Å². The molecular weight excluding hydrogens is 368 g/mol. The fourth-order valence-electron chi connectivity index (χ4n) is 3.47. The minimum atomic E-state index is -0.413. The summed E-state index contributed by atoms with van der Waals surface area (Å²) < 4.78 is 5.43. The Balaban J connectivity index is 2.12. The molecule has 152 valence electrons. The van der Waals surface area contributed by atoms with Crippen LogP contribution < -0.4 is 9.64 Å². The first kappa shape index (κ1) is 20.6. The maximum Gasteiger partial charge on any atom is 0.282 e. The normalized spacial score (nSPS) is 14.2. The van der Waals surface area contributed by atoms with Gasteiger partial charge in [0.05, 0.1) is 25.0 Å². The fourth-order valence-corrected chi connectivity index (χ4v) is 3.47. The van der Waals surface area contributed by atoms with Gasteiger partial charge in [-0.2, -0.15) is 0 Å². The van der Waals surface area contributed by atoms with Gasteiger partial charge in [-0.15, -0.1) is 0 Å². The van der Waals surface area contributed by atoms with Crippen molar-refractivity contribution in [2.24, 2.45) is 0 Å². The van der Waals surface area contributed by atoms with E-state index < -0.39 is 11.8 Å². The molecule has 0 unspecified atom stereocenters. The third kappa shape index (κ3) is 3.76. The first-order valence-electron chi connectivity index (χ1n) is 9.59. The Bertz CT molecular complexity index is 948. The average Bonchev–Trinajstić information content (AvgIpc) is 2.98. The van der Waals surface area contributed by atoms with Crippen molar-refractivity contribution in [2.45, 2.75) is 19.8 Å². The van der Waals surface area contributed by atoms with E-state index in [4.69, 9.17) is 4.74 Å². The van der Waals surface area contributed by atoms with Crippen LogP contribution in [0.3, 0.4) is 0 Å². The summed E-state index contributed by atoms with van der Waals surface area (Å²) in [5, 5.41) is 9.37. The first-order valence-corrected chi connectivity index (χ1v) is 9.59. The monoisotopic (exact) mass is 394 g/mol.